The number of aliphatic hydroxyl groups is 1. The fourth-order valence-corrected chi connectivity index (χ4v) is 1.33. The van der Waals surface area contributed by atoms with Gasteiger partial charge in [0.2, 0.25) is 0 Å². The summed E-state index contributed by atoms with van der Waals surface area (Å²) in [6, 6.07) is -0.975. The lowest BCUT2D eigenvalue weighted by Crippen LogP contribution is -2.48. The first-order chi connectivity index (χ1) is 7.72. The lowest BCUT2D eigenvalue weighted by molar-refractivity contribution is -0.143. The van der Waals surface area contributed by atoms with Gasteiger partial charge in [0.05, 0.1) is 6.61 Å². The summed E-state index contributed by atoms with van der Waals surface area (Å²) in [5, 5.41) is 17.9. The predicted octanol–water partition coefficient (Wildman–Crippen LogP) is 1.08. The zero-order valence-corrected chi connectivity index (χ0v) is 10.8. The van der Waals surface area contributed by atoms with Gasteiger partial charge in [0, 0.05) is 6.54 Å². The second-order valence-electron chi connectivity index (χ2n) is 4.66. The average molecular weight is 247 g/mol. The van der Waals surface area contributed by atoms with Crippen molar-refractivity contribution in [2.75, 3.05) is 13.2 Å². The van der Waals surface area contributed by atoms with Crippen molar-refractivity contribution in [3.63, 3.8) is 0 Å². The largest absolute Gasteiger partial charge is 0.480 e. The first-order valence-corrected chi connectivity index (χ1v) is 5.56. The van der Waals surface area contributed by atoms with Crippen molar-refractivity contribution in [2.45, 2.75) is 45.8 Å². The highest BCUT2D eigenvalue weighted by atomic mass is 16.6. The molecule has 6 nitrogen and oxygen atoms in total. The van der Waals surface area contributed by atoms with E-state index < -0.39 is 23.7 Å². The number of ether oxygens (including phenoxy) is 1. The lowest BCUT2D eigenvalue weighted by Gasteiger charge is -2.30. The number of carboxylic acids is 1. The number of hydrogen-bond donors (Lipinski definition) is 2. The Labute approximate surface area is 101 Å². The van der Waals surface area contributed by atoms with Gasteiger partial charge in [-0.05, 0) is 27.2 Å². The molecule has 0 aromatic heterocycles. The molecule has 0 heterocycles. The van der Waals surface area contributed by atoms with Crippen LogP contribution in [0.25, 0.3) is 0 Å². The standard InChI is InChI=1S/C11H21NO5/c1-5-8(9(14)15)12(6-7-13)10(16)17-11(2,3)4/h8,13H,5-7H2,1-4H3,(H,14,15). The van der Waals surface area contributed by atoms with E-state index in [9.17, 15) is 9.59 Å². The lowest BCUT2D eigenvalue weighted by atomic mass is 10.2. The molecule has 0 fully saturated rings. The highest BCUT2D eigenvalue weighted by Gasteiger charge is 2.31. The predicted molar refractivity (Wildman–Crippen MR) is 61.7 cm³/mol. The minimum Gasteiger partial charge on any atom is -0.480 e. The molecule has 0 spiro atoms. The Balaban J connectivity index is 4.82. The number of carbonyl (C=O) groups is 2. The number of nitrogens with zero attached hydrogens (tertiary/aromatic N) is 1. The van der Waals surface area contributed by atoms with E-state index in [1.807, 2.05) is 0 Å². The molecule has 0 radical (unpaired) electrons. The maximum Gasteiger partial charge on any atom is 0.411 e. The molecule has 0 aliphatic carbocycles. The van der Waals surface area contributed by atoms with Gasteiger partial charge in [-0.1, -0.05) is 6.92 Å². The molecule has 1 unspecified atom stereocenters. The molecule has 0 aliphatic heterocycles. The summed E-state index contributed by atoms with van der Waals surface area (Å²) in [4.78, 5) is 23.8. The molecule has 0 bridgehead atoms. The second-order valence-corrected chi connectivity index (χ2v) is 4.66. The van der Waals surface area contributed by atoms with Gasteiger partial charge < -0.3 is 14.9 Å². The molecule has 0 aromatic carbocycles. The number of hydrogen-bond acceptors (Lipinski definition) is 4. The number of carboxylic acid groups (broad SMARTS) is 1. The van der Waals surface area contributed by atoms with Crippen LogP contribution in [0.15, 0.2) is 0 Å². The van der Waals surface area contributed by atoms with Gasteiger partial charge in [-0.25, -0.2) is 9.59 Å². The fourth-order valence-electron chi connectivity index (χ4n) is 1.33. The summed E-state index contributed by atoms with van der Waals surface area (Å²) >= 11 is 0. The van der Waals surface area contributed by atoms with Crippen molar-refractivity contribution in [1.29, 1.82) is 0 Å². The van der Waals surface area contributed by atoms with Crippen molar-refractivity contribution in [1.82, 2.24) is 4.90 Å². The molecule has 0 aromatic rings. The molecule has 17 heavy (non-hydrogen) atoms. The van der Waals surface area contributed by atoms with Gasteiger partial charge in [-0.3, -0.25) is 4.90 Å². The van der Waals surface area contributed by atoms with Crippen LogP contribution in [0.1, 0.15) is 34.1 Å². The fraction of sp³-hybridized carbons (Fsp3) is 0.818. The highest BCUT2D eigenvalue weighted by molar-refractivity contribution is 5.80. The third-order valence-electron chi connectivity index (χ3n) is 2.02. The minimum atomic E-state index is -1.10. The van der Waals surface area contributed by atoms with Gasteiger partial charge in [0.15, 0.2) is 0 Å². The monoisotopic (exact) mass is 247 g/mol. The highest BCUT2D eigenvalue weighted by Crippen LogP contribution is 2.13. The smallest absolute Gasteiger partial charge is 0.411 e. The summed E-state index contributed by atoms with van der Waals surface area (Å²) in [5.41, 5.74) is -0.693. The Bertz CT molecular complexity index is 272. The Morgan fingerprint density at radius 3 is 2.18 bits per heavy atom. The maximum atomic E-state index is 11.8. The third kappa shape index (κ3) is 5.53. The van der Waals surface area contributed by atoms with Crippen LogP contribution in [0.3, 0.4) is 0 Å². The molecule has 0 rings (SSSR count). The van der Waals surface area contributed by atoms with Crippen molar-refractivity contribution in [2.24, 2.45) is 0 Å². The molecule has 2 N–H and O–H groups in total. The molecule has 1 atom stereocenters. The van der Waals surface area contributed by atoms with E-state index in [2.05, 4.69) is 0 Å². The summed E-state index contributed by atoms with van der Waals surface area (Å²) in [6.07, 6.45) is -0.463. The summed E-state index contributed by atoms with van der Waals surface area (Å²) in [5.74, 6) is -1.10. The van der Waals surface area contributed by atoms with E-state index in [-0.39, 0.29) is 19.6 Å². The van der Waals surface area contributed by atoms with Crippen LogP contribution < -0.4 is 0 Å². The van der Waals surface area contributed by atoms with E-state index in [0.29, 0.717) is 0 Å². The van der Waals surface area contributed by atoms with Crippen LogP contribution in [0.2, 0.25) is 0 Å². The summed E-state index contributed by atoms with van der Waals surface area (Å²) < 4.78 is 5.10. The molecular weight excluding hydrogens is 226 g/mol. The van der Waals surface area contributed by atoms with Gasteiger partial charge in [-0.15, -0.1) is 0 Å². The molecule has 6 heteroatoms. The molecule has 0 aliphatic rings. The molecule has 1 amide bonds. The topological polar surface area (TPSA) is 87.1 Å². The normalized spacial score (nSPS) is 13.0. The molecule has 0 saturated carbocycles. The number of carbonyl (C=O) groups excluding carboxylic acids is 1. The first kappa shape index (κ1) is 15.7. The Kier molecular flexibility index (Phi) is 5.95. The van der Waals surface area contributed by atoms with Crippen LogP contribution in [0.5, 0.6) is 0 Å². The zero-order chi connectivity index (χ0) is 13.6. The molecule has 100 valence electrons. The number of aliphatic hydroxyl groups excluding tert-OH is 1. The molecular formula is C11H21NO5. The van der Waals surface area contributed by atoms with Crippen LogP contribution in [0, 0.1) is 0 Å². The van der Waals surface area contributed by atoms with Crippen LogP contribution in [-0.2, 0) is 9.53 Å². The summed E-state index contributed by atoms with van der Waals surface area (Å²) in [7, 11) is 0. The van der Waals surface area contributed by atoms with E-state index in [1.54, 1.807) is 27.7 Å². The van der Waals surface area contributed by atoms with E-state index in [0.717, 1.165) is 4.90 Å². The number of aliphatic carboxylic acids is 1. The van der Waals surface area contributed by atoms with Crippen molar-refractivity contribution < 1.29 is 24.5 Å². The minimum absolute atomic E-state index is 0.0558. The first-order valence-electron chi connectivity index (χ1n) is 5.56. The Morgan fingerprint density at radius 2 is 1.88 bits per heavy atom. The van der Waals surface area contributed by atoms with Gasteiger partial charge in [0.25, 0.3) is 0 Å². The van der Waals surface area contributed by atoms with Crippen LogP contribution >= 0.6 is 0 Å². The van der Waals surface area contributed by atoms with E-state index in [4.69, 9.17) is 14.9 Å². The van der Waals surface area contributed by atoms with Gasteiger partial charge in [-0.2, -0.15) is 0 Å². The second kappa shape index (κ2) is 6.44. The van der Waals surface area contributed by atoms with Crippen LogP contribution in [0.4, 0.5) is 4.79 Å². The average Bonchev–Trinajstić information content (AvgIpc) is 2.14. The van der Waals surface area contributed by atoms with Crippen molar-refractivity contribution >= 4 is 12.1 Å². The molecule has 0 saturated heterocycles. The maximum absolute atomic E-state index is 11.8. The SMILES string of the molecule is CCC(C(=O)O)N(CCO)C(=O)OC(C)(C)C. The van der Waals surface area contributed by atoms with Crippen molar-refractivity contribution in [3.05, 3.63) is 0 Å². The third-order valence-corrected chi connectivity index (χ3v) is 2.02. The Morgan fingerprint density at radius 1 is 1.35 bits per heavy atom. The van der Waals surface area contributed by atoms with Gasteiger partial charge >= 0.3 is 12.1 Å². The number of amides is 1. The van der Waals surface area contributed by atoms with E-state index >= 15 is 0 Å². The number of rotatable bonds is 5. The zero-order valence-electron chi connectivity index (χ0n) is 10.8. The summed E-state index contributed by atoms with van der Waals surface area (Å²) in [6.45, 7) is 6.40. The van der Waals surface area contributed by atoms with Crippen molar-refractivity contribution in [3.8, 4) is 0 Å². The van der Waals surface area contributed by atoms with Gasteiger partial charge in [0.1, 0.15) is 11.6 Å². The van der Waals surface area contributed by atoms with Crippen LogP contribution in [-0.4, -0.2) is 52.0 Å². The Hall–Kier alpha value is -1.30. The van der Waals surface area contributed by atoms with E-state index in [1.165, 1.54) is 0 Å². The quantitative estimate of drug-likeness (QED) is 0.759.